The molecular formula is C17H28N4O. The third kappa shape index (κ3) is 4.78. The average Bonchev–Trinajstić information content (AvgIpc) is 2.50. The average molecular weight is 304 g/mol. The van der Waals surface area contributed by atoms with Crippen molar-refractivity contribution in [2.45, 2.75) is 57.7 Å². The number of carbonyl (C=O) groups is 1. The number of nitrogens with zero attached hydrogens (tertiary/aromatic N) is 2. The smallest absolute Gasteiger partial charge is 0.240 e. The topological polar surface area (TPSA) is 71.2 Å². The zero-order valence-electron chi connectivity index (χ0n) is 13.7. The Morgan fingerprint density at radius 1 is 1.41 bits per heavy atom. The first-order valence-corrected chi connectivity index (χ1v) is 8.22. The van der Waals surface area contributed by atoms with Gasteiger partial charge in [0.2, 0.25) is 5.91 Å². The maximum Gasteiger partial charge on any atom is 0.240 e. The maximum atomic E-state index is 12.2. The number of rotatable bonds is 6. The number of aromatic nitrogens is 1. The molecular weight excluding hydrogens is 276 g/mol. The highest BCUT2D eigenvalue weighted by Gasteiger charge is 2.30. The van der Waals surface area contributed by atoms with Crippen molar-refractivity contribution in [1.82, 2.24) is 15.2 Å². The summed E-state index contributed by atoms with van der Waals surface area (Å²) in [5.41, 5.74) is 6.63. The Bertz CT molecular complexity index is 467. The fourth-order valence-electron chi connectivity index (χ4n) is 2.96. The molecule has 1 saturated heterocycles. The van der Waals surface area contributed by atoms with Crippen LogP contribution in [0.5, 0.6) is 0 Å². The fourth-order valence-corrected chi connectivity index (χ4v) is 2.96. The number of amides is 1. The van der Waals surface area contributed by atoms with Crippen LogP contribution in [0.25, 0.3) is 0 Å². The van der Waals surface area contributed by atoms with E-state index in [2.05, 4.69) is 34.3 Å². The Morgan fingerprint density at radius 2 is 2.05 bits per heavy atom. The second-order valence-electron chi connectivity index (χ2n) is 6.55. The zero-order valence-corrected chi connectivity index (χ0v) is 13.7. The Morgan fingerprint density at radius 3 is 2.64 bits per heavy atom. The van der Waals surface area contributed by atoms with Crippen molar-refractivity contribution in [3.8, 4) is 0 Å². The van der Waals surface area contributed by atoms with Gasteiger partial charge in [0.15, 0.2) is 0 Å². The van der Waals surface area contributed by atoms with Crippen LogP contribution < -0.4 is 11.1 Å². The second kappa shape index (κ2) is 7.70. The minimum Gasteiger partial charge on any atom is -0.352 e. The van der Waals surface area contributed by atoms with E-state index in [1.165, 1.54) is 5.56 Å². The van der Waals surface area contributed by atoms with Crippen LogP contribution in [0.4, 0.5) is 0 Å². The zero-order chi connectivity index (χ0) is 16.0. The molecule has 0 saturated carbocycles. The van der Waals surface area contributed by atoms with Crippen molar-refractivity contribution >= 4 is 5.91 Å². The van der Waals surface area contributed by atoms with Crippen LogP contribution >= 0.6 is 0 Å². The van der Waals surface area contributed by atoms with Gasteiger partial charge in [0.05, 0.1) is 5.54 Å². The van der Waals surface area contributed by atoms with Crippen molar-refractivity contribution in [3.63, 3.8) is 0 Å². The van der Waals surface area contributed by atoms with Crippen molar-refractivity contribution < 1.29 is 4.79 Å². The summed E-state index contributed by atoms with van der Waals surface area (Å²) in [7, 11) is 0. The normalized spacial score (nSPS) is 19.6. The van der Waals surface area contributed by atoms with Gasteiger partial charge in [0.25, 0.3) is 0 Å². The van der Waals surface area contributed by atoms with Gasteiger partial charge in [-0.25, -0.2) is 0 Å². The predicted molar refractivity (Wildman–Crippen MR) is 88.2 cm³/mol. The number of likely N-dealkylation sites (tertiary alicyclic amines) is 1. The van der Waals surface area contributed by atoms with Crippen molar-refractivity contribution in [3.05, 3.63) is 30.1 Å². The van der Waals surface area contributed by atoms with E-state index < -0.39 is 5.54 Å². The Hall–Kier alpha value is -1.46. The standard InChI is InChI=1S/C17H28N4O/c1-3-8-17(2,18)16(22)20-15-6-11-21(12-7-15)13-14-4-9-19-10-5-14/h4-5,9-10,15H,3,6-8,11-13,18H2,1-2H3,(H,20,22). The van der Waals surface area contributed by atoms with E-state index in [-0.39, 0.29) is 11.9 Å². The molecule has 1 fully saturated rings. The third-order valence-electron chi connectivity index (χ3n) is 4.37. The summed E-state index contributed by atoms with van der Waals surface area (Å²) in [6, 6.07) is 4.36. The second-order valence-corrected chi connectivity index (χ2v) is 6.55. The van der Waals surface area contributed by atoms with E-state index >= 15 is 0 Å². The van der Waals surface area contributed by atoms with Gasteiger partial charge in [0.1, 0.15) is 0 Å². The lowest BCUT2D eigenvalue weighted by molar-refractivity contribution is -0.127. The van der Waals surface area contributed by atoms with Crippen LogP contribution in [0.1, 0.15) is 45.1 Å². The molecule has 2 rings (SSSR count). The highest BCUT2D eigenvalue weighted by Crippen LogP contribution is 2.15. The van der Waals surface area contributed by atoms with Gasteiger partial charge < -0.3 is 11.1 Å². The maximum absolute atomic E-state index is 12.2. The van der Waals surface area contributed by atoms with Crippen LogP contribution in [-0.4, -0.2) is 40.5 Å². The largest absolute Gasteiger partial charge is 0.352 e. The van der Waals surface area contributed by atoms with E-state index in [1.54, 1.807) is 0 Å². The van der Waals surface area contributed by atoms with E-state index in [9.17, 15) is 4.79 Å². The lowest BCUT2D eigenvalue weighted by atomic mass is 9.95. The van der Waals surface area contributed by atoms with Gasteiger partial charge in [-0.2, -0.15) is 0 Å². The first-order chi connectivity index (χ1) is 10.5. The van der Waals surface area contributed by atoms with E-state index in [0.29, 0.717) is 0 Å². The molecule has 2 heterocycles. The summed E-state index contributed by atoms with van der Waals surface area (Å²) in [4.78, 5) is 18.7. The highest BCUT2D eigenvalue weighted by molar-refractivity contribution is 5.85. The molecule has 5 heteroatoms. The molecule has 22 heavy (non-hydrogen) atoms. The number of carbonyl (C=O) groups excluding carboxylic acids is 1. The van der Waals surface area contributed by atoms with Crippen molar-refractivity contribution in [2.75, 3.05) is 13.1 Å². The van der Waals surface area contributed by atoms with Gasteiger partial charge in [-0.15, -0.1) is 0 Å². The number of nitrogens with two attached hydrogens (primary N) is 1. The summed E-state index contributed by atoms with van der Waals surface area (Å²) >= 11 is 0. The predicted octanol–water partition coefficient (Wildman–Crippen LogP) is 1.68. The minimum absolute atomic E-state index is 0.0121. The molecule has 0 aromatic carbocycles. The van der Waals surface area contributed by atoms with E-state index in [1.807, 2.05) is 19.3 Å². The van der Waals surface area contributed by atoms with Crippen molar-refractivity contribution in [1.29, 1.82) is 0 Å². The van der Waals surface area contributed by atoms with Crippen LogP contribution in [-0.2, 0) is 11.3 Å². The highest BCUT2D eigenvalue weighted by atomic mass is 16.2. The van der Waals surface area contributed by atoms with Crippen LogP contribution in [0.3, 0.4) is 0 Å². The Kier molecular flexibility index (Phi) is 5.91. The SMILES string of the molecule is CCCC(C)(N)C(=O)NC1CCN(Cc2ccncc2)CC1. The van der Waals surface area contributed by atoms with Gasteiger partial charge in [-0.3, -0.25) is 14.7 Å². The summed E-state index contributed by atoms with van der Waals surface area (Å²) in [6.07, 6.45) is 7.28. The van der Waals surface area contributed by atoms with Crippen LogP contribution in [0.15, 0.2) is 24.5 Å². The van der Waals surface area contributed by atoms with Crippen LogP contribution in [0, 0.1) is 0 Å². The number of pyridine rings is 1. The number of hydrogen-bond donors (Lipinski definition) is 2. The fraction of sp³-hybridized carbons (Fsp3) is 0.647. The first-order valence-electron chi connectivity index (χ1n) is 8.22. The van der Waals surface area contributed by atoms with E-state index in [4.69, 9.17) is 5.73 Å². The monoisotopic (exact) mass is 304 g/mol. The lowest BCUT2D eigenvalue weighted by Gasteiger charge is -2.34. The molecule has 1 atom stereocenters. The van der Waals surface area contributed by atoms with Gasteiger partial charge in [-0.05, 0) is 43.9 Å². The molecule has 0 bridgehead atoms. The lowest BCUT2D eigenvalue weighted by Crippen LogP contribution is -2.55. The minimum atomic E-state index is -0.747. The molecule has 3 N–H and O–H groups in total. The molecule has 5 nitrogen and oxygen atoms in total. The van der Waals surface area contributed by atoms with Gasteiger partial charge >= 0.3 is 0 Å². The molecule has 1 amide bonds. The molecule has 0 aliphatic carbocycles. The third-order valence-corrected chi connectivity index (χ3v) is 4.37. The number of piperidine rings is 1. The summed E-state index contributed by atoms with van der Waals surface area (Å²) in [5, 5.41) is 3.13. The van der Waals surface area contributed by atoms with Crippen molar-refractivity contribution in [2.24, 2.45) is 5.73 Å². The molecule has 1 unspecified atom stereocenters. The molecule has 0 radical (unpaired) electrons. The molecule has 1 aliphatic rings. The van der Waals surface area contributed by atoms with Gasteiger partial charge in [0, 0.05) is 38.1 Å². The Balaban J connectivity index is 1.76. The van der Waals surface area contributed by atoms with E-state index in [0.717, 1.165) is 45.3 Å². The summed E-state index contributed by atoms with van der Waals surface area (Å²) in [6.45, 7) is 6.83. The van der Waals surface area contributed by atoms with Crippen LogP contribution in [0.2, 0.25) is 0 Å². The number of nitrogens with one attached hydrogen (secondary N) is 1. The molecule has 1 aromatic heterocycles. The van der Waals surface area contributed by atoms with Gasteiger partial charge in [-0.1, -0.05) is 13.3 Å². The Labute approximate surface area is 133 Å². The number of hydrogen-bond acceptors (Lipinski definition) is 4. The first kappa shape index (κ1) is 16.9. The molecule has 1 aromatic rings. The molecule has 0 spiro atoms. The summed E-state index contributed by atoms with van der Waals surface area (Å²) < 4.78 is 0. The molecule has 1 aliphatic heterocycles. The summed E-state index contributed by atoms with van der Waals surface area (Å²) in [5.74, 6) is -0.0121. The quantitative estimate of drug-likeness (QED) is 0.839. The molecule has 122 valence electrons.